The summed E-state index contributed by atoms with van der Waals surface area (Å²) >= 11 is 0. The average molecular weight is 372 g/mol. The van der Waals surface area contributed by atoms with Gasteiger partial charge in [-0.2, -0.15) is 0 Å². The number of aliphatic carboxylic acids is 3. The quantitative estimate of drug-likeness (QED) is 0.162. The topological polar surface area (TPSA) is 260 Å². The maximum absolute atomic E-state index is 11.5. The number of ether oxygens (including phenoxy) is 1. The number of rotatable bonds is 10. The van der Waals surface area contributed by atoms with Gasteiger partial charge in [0.05, 0.1) is 0 Å². The molecule has 0 spiro atoms. The minimum Gasteiger partial charge on any atom is -0.479 e. The van der Waals surface area contributed by atoms with Crippen LogP contribution in [0.2, 0.25) is 0 Å². The van der Waals surface area contributed by atoms with Crippen LogP contribution in [0.15, 0.2) is 0 Å². The first-order chi connectivity index (χ1) is 11.3. The third kappa shape index (κ3) is 5.89. The van der Waals surface area contributed by atoms with Crippen LogP contribution in [-0.2, 0) is 23.9 Å². The monoisotopic (exact) mass is 372 g/mol. The predicted octanol–water partition coefficient (Wildman–Crippen LogP) is -5.68. The Labute approximate surface area is 137 Å². The van der Waals surface area contributed by atoms with Crippen LogP contribution in [0.5, 0.6) is 0 Å². The molecule has 9 N–H and O–H groups in total. The zero-order valence-electron chi connectivity index (χ0n) is 12.1. The van der Waals surface area contributed by atoms with Gasteiger partial charge >= 0.3 is 23.9 Å². The van der Waals surface area contributed by atoms with Crippen molar-refractivity contribution < 1.29 is 69.9 Å². The van der Waals surface area contributed by atoms with Crippen molar-refractivity contribution >= 4 is 23.9 Å². The average Bonchev–Trinajstić information content (AvgIpc) is 2.54. The van der Waals surface area contributed by atoms with Gasteiger partial charge in [0.15, 0.2) is 18.3 Å². The number of hydrogen-bond donors (Lipinski definition) is 9. The normalized spacial score (nSPS) is 19.6. The lowest BCUT2D eigenvalue weighted by Crippen LogP contribution is -2.53. The van der Waals surface area contributed by atoms with Crippen LogP contribution in [-0.4, -0.2) is 113 Å². The van der Waals surface area contributed by atoms with Crippen LogP contribution in [0, 0.1) is 0 Å². The van der Waals surface area contributed by atoms with Crippen molar-refractivity contribution in [2.24, 2.45) is 0 Å². The fourth-order valence-electron chi connectivity index (χ4n) is 1.43. The molecule has 0 unspecified atom stereocenters. The molecule has 0 aliphatic heterocycles. The number of carbonyl (C=O) groups excluding carboxylic acids is 1. The first-order valence-corrected chi connectivity index (χ1v) is 6.30. The van der Waals surface area contributed by atoms with Gasteiger partial charge in [-0.15, -0.1) is 0 Å². The second-order valence-corrected chi connectivity index (χ2v) is 4.68. The molecule has 144 valence electrons. The molecule has 7 atom stereocenters. The molecular weight excluding hydrogens is 356 g/mol. The van der Waals surface area contributed by atoms with Crippen LogP contribution < -0.4 is 0 Å². The summed E-state index contributed by atoms with van der Waals surface area (Å²) < 4.78 is 4.06. The van der Waals surface area contributed by atoms with Crippen molar-refractivity contribution in [1.29, 1.82) is 0 Å². The molecule has 14 heteroatoms. The van der Waals surface area contributed by atoms with Gasteiger partial charge in [-0.05, 0) is 0 Å². The Bertz CT molecular complexity index is 517. The van der Waals surface area contributed by atoms with Gasteiger partial charge in [0, 0.05) is 0 Å². The minimum absolute atomic E-state index is 2.02. The smallest absolute Gasteiger partial charge is 0.347 e. The van der Waals surface area contributed by atoms with Gasteiger partial charge in [0.2, 0.25) is 6.10 Å². The van der Waals surface area contributed by atoms with E-state index in [9.17, 15) is 39.6 Å². The summed E-state index contributed by atoms with van der Waals surface area (Å²) in [6.07, 6.45) is -18.7. The lowest BCUT2D eigenvalue weighted by Gasteiger charge is -2.26. The van der Waals surface area contributed by atoms with Crippen molar-refractivity contribution in [3.8, 4) is 0 Å². The van der Waals surface area contributed by atoms with E-state index >= 15 is 0 Å². The number of aliphatic hydroxyl groups is 6. The Kier molecular flexibility index (Phi) is 8.34. The summed E-state index contributed by atoms with van der Waals surface area (Å²) in [6.45, 7) is 0. The van der Waals surface area contributed by atoms with Gasteiger partial charge in [0.1, 0.15) is 18.3 Å². The first-order valence-electron chi connectivity index (χ1n) is 6.30. The molecule has 0 bridgehead atoms. The highest BCUT2D eigenvalue weighted by Crippen LogP contribution is 2.12. The fourth-order valence-corrected chi connectivity index (χ4v) is 1.43. The molecule has 0 aromatic rings. The molecule has 0 saturated heterocycles. The molecule has 0 rings (SSSR count). The SMILES string of the molecule is O=C(O)[C@@H](O)[C@H](O)[C@H](O)[C@@H](O)C(=O)O[C@H](C(=O)O)[C@H](O)[C@H](O)C(=O)O. The van der Waals surface area contributed by atoms with Gasteiger partial charge < -0.3 is 50.7 Å². The number of carbonyl (C=O) groups is 4. The molecule has 0 aromatic heterocycles. The fraction of sp³-hybridized carbons (Fsp3) is 0.636. The molecule has 25 heavy (non-hydrogen) atoms. The number of aliphatic hydroxyl groups excluding tert-OH is 6. The molecular formula is C11H16O14. The van der Waals surface area contributed by atoms with E-state index in [0.717, 1.165) is 0 Å². The van der Waals surface area contributed by atoms with E-state index in [1.54, 1.807) is 0 Å². The standard InChI is InChI=1S/C11H16O14/c12-1(4(15)8(18)19)2(13)6(17)11(24)25-7(10(22)23)3(14)5(16)9(20)21/h1-7,12-17H,(H,18,19)(H,20,21)(H,22,23)/t1-,2+,3-,4+,5+,6-,7+/m1/s1. The van der Waals surface area contributed by atoms with Gasteiger partial charge in [-0.25, -0.2) is 19.2 Å². The molecule has 0 heterocycles. The van der Waals surface area contributed by atoms with Crippen molar-refractivity contribution in [2.45, 2.75) is 42.7 Å². The Balaban J connectivity index is 5.15. The van der Waals surface area contributed by atoms with E-state index in [1.807, 2.05) is 0 Å². The number of carboxylic acids is 3. The number of carboxylic acid groups (broad SMARTS) is 3. The Hall–Kier alpha value is -2.36. The summed E-state index contributed by atoms with van der Waals surface area (Å²) in [4.78, 5) is 43.3. The highest BCUT2D eigenvalue weighted by molar-refractivity contribution is 5.82. The van der Waals surface area contributed by atoms with E-state index in [0.29, 0.717) is 0 Å². The van der Waals surface area contributed by atoms with Gasteiger partial charge in [-0.1, -0.05) is 0 Å². The summed E-state index contributed by atoms with van der Waals surface area (Å²) in [5.74, 6) is -8.23. The summed E-state index contributed by atoms with van der Waals surface area (Å²) in [5, 5.41) is 81.1. The Morgan fingerprint density at radius 2 is 0.920 bits per heavy atom. The van der Waals surface area contributed by atoms with Crippen LogP contribution in [0.3, 0.4) is 0 Å². The summed E-state index contributed by atoms with van der Waals surface area (Å²) in [6, 6.07) is 0. The molecule has 0 radical (unpaired) electrons. The van der Waals surface area contributed by atoms with E-state index in [4.69, 9.17) is 25.5 Å². The molecule has 0 aliphatic carbocycles. The molecule has 0 aromatic carbocycles. The molecule has 14 nitrogen and oxygen atoms in total. The van der Waals surface area contributed by atoms with Crippen molar-refractivity contribution in [2.75, 3.05) is 0 Å². The summed E-state index contributed by atoms with van der Waals surface area (Å²) in [5.41, 5.74) is 0. The van der Waals surface area contributed by atoms with E-state index in [-0.39, 0.29) is 0 Å². The maximum atomic E-state index is 11.5. The molecule has 0 saturated carbocycles. The number of esters is 1. The molecule has 0 amide bonds. The largest absolute Gasteiger partial charge is 0.479 e. The third-order valence-electron chi connectivity index (χ3n) is 2.86. The van der Waals surface area contributed by atoms with Gasteiger partial charge in [-0.3, -0.25) is 0 Å². The van der Waals surface area contributed by atoms with E-state index in [2.05, 4.69) is 4.74 Å². The number of hydrogen-bond acceptors (Lipinski definition) is 11. The zero-order chi connectivity index (χ0) is 20.1. The minimum atomic E-state index is -2.78. The van der Waals surface area contributed by atoms with Crippen molar-refractivity contribution in [1.82, 2.24) is 0 Å². The second kappa shape index (κ2) is 9.21. The van der Waals surface area contributed by atoms with Crippen LogP contribution in [0.25, 0.3) is 0 Å². The van der Waals surface area contributed by atoms with E-state index in [1.165, 1.54) is 0 Å². The second-order valence-electron chi connectivity index (χ2n) is 4.68. The first kappa shape index (κ1) is 22.6. The lowest BCUT2D eigenvalue weighted by molar-refractivity contribution is -0.194. The van der Waals surface area contributed by atoms with Crippen molar-refractivity contribution in [3.05, 3.63) is 0 Å². The molecule has 0 fully saturated rings. The van der Waals surface area contributed by atoms with Crippen LogP contribution >= 0.6 is 0 Å². The Morgan fingerprint density at radius 3 is 1.28 bits per heavy atom. The third-order valence-corrected chi connectivity index (χ3v) is 2.86. The highest BCUT2D eigenvalue weighted by Gasteiger charge is 2.43. The highest BCUT2D eigenvalue weighted by atomic mass is 16.6. The van der Waals surface area contributed by atoms with E-state index < -0.39 is 66.6 Å². The van der Waals surface area contributed by atoms with Gasteiger partial charge in [0.25, 0.3) is 0 Å². The summed E-state index contributed by atoms with van der Waals surface area (Å²) in [7, 11) is 0. The van der Waals surface area contributed by atoms with Crippen LogP contribution in [0.1, 0.15) is 0 Å². The predicted molar refractivity (Wildman–Crippen MR) is 68.8 cm³/mol. The van der Waals surface area contributed by atoms with Crippen molar-refractivity contribution in [3.63, 3.8) is 0 Å². The molecule has 0 aliphatic rings. The zero-order valence-corrected chi connectivity index (χ0v) is 12.1. The Morgan fingerprint density at radius 1 is 0.560 bits per heavy atom. The van der Waals surface area contributed by atoms with Crippen LogP contribution in [0.4, 0.5) is 0 Å². The lowest BCUT2D eigenvalue weighted by atomic mass is 10.0. The maximum Gasteiger partial charge on any atom is 0.347 e.